The van der Waals surface area contributed by atoms with Crippen molar-refractivity contribution in [2.75, 3.05) is 17.2 Å². The first-order valence-electron chi connectivity index (χ1n) is 11.4. The first-order chi connectivity index (χ1) is 15.6. The van der Waals surface area contributed by atoms with E-state index in [1.807, 2.05) is 30.3 Å². The Bertz CT molecular complexity index is 1090. The Labute approximate surface area is 201 Å². The Morgan fingerprint density at radius 2 is 1.94 bits per heavy atom. The molecule has 1 N–H and O–H groups in total. The zero-order valence-corrected chi connectivity index (χ0v) is 21.0. The summed E-state index contributed by atoms with van der Waals surface area (Å²) in [5.74, 6) is -0.781. The van der Waals surface area contributed by atoms with Gasteiger partial charge in [-0.25, -0.2) is 8.42 Å². The van der Waals surface area contributed by atoms with E-state index in [1.165, 1.54) is 6.07 Å². The number of para-hydroxylation sites is 1. The highest BCUT2D eigenvalue weighted by molar-refractivity contribution is 7.91. The van der Waals surface area contributed by atoms with Gasteiger partial charge in [0.25, 0.3) is 0 Å². The van der Waals surface area contributed by atoms with E-state index >= 15 is 0 Å². The summed E-state index contributed by atoms with van der Waals surface area (Å²) >= 11 is 6.54. The summed E-state index contributed by atoms with van der Waals surface area (Å²) < 4.78 is 33.2. The van der Waals surface area contributed by atoms with Crippen LogP contribution in [0, 0.1) is 5.41 Å². The van der Waals surface area contributed by atoms with Gasteiger partial charge in [-0.1, -0.05) is 56.5 Å². The Morgan fingerprint density at radius 1 is 1.24 bits per heavy atom. The Balaban J connectivity index is 2.17. The minimum atomic E-state index is -3.66. The number of sulfone groups is 1. The molecule has 180 valence electrons. The minimum Gasteiger partial charge on any atom is -0.489 e. The molecule has 2 atom stereocenters. The van der Waals surface area contributed by atoms with Gasteiger partial charge in [0.2, 0.25) is 0 Å². The normalized spacial score (nSPS) is 20.5. The highest BCUT2D eigenvalue weighted by Crippen LogP contribution is 2.46. The highest BCUT2D eigenvalue weighted by Gasteiger charge is 2.42. The number of hydrogen-bond acceptors (Lipinski definition) is 5. The first-order valence-corrected chi connectivity index (χ1v) is 13.4. The summed E-state index contributed by atoms with van der Waals surface area (Å²) in [5.41, 5.74) is 1.01. The number of carboxylic acids is 1. The molecule has 0 fully saturated rings. The molecule has 6 nitrogen and oxygen atoms in total. The van der Waals surface area contributed by atoms with Crippen molar-refractivity contribution in [3.8, 4) is 5.75 Å². The standard InChI is InChI=1S/C25H32ClNO5S/c1-4-6-12-25(5-2)16-27(19-10-8-7-9-11-19)21-14-20(26)22(32-18(3)13-24(28)29)15-23(21)33(30,31)17-25/h7-11,14-15,18H,4-6,12-13,16-17H2,1-3H3,(H,28,29)/t18-,25+/m1/s1. The number of carboxylic acid groups (broad SMARTS) is 1. The van der Waals surface area contributed by atoms with E-state index in [0.717, 1.165) is 31.4 Å². The number of fused-ring (bicyclic) bond motifs is 1. The molecule has 0 unspecified atom stereocenters. The molecule has 0 amide bonds. The third-order valence-electron chi connectivity index (χ3n) is 6.30. The van der Waals surface area contributed by atoms with Gasteiger partial charge in [-0.05, 0) is 38.0 Å². The number of hydrogen-bond donors (Lipinski definition) is 1. The van der Waals surface area contributed by atoms with Crippen molar-refractivity contribution >= 4 is 38.8 Å². The van der Waals surface area contributed by atoms with Crippen molar-refractivity contribution in [1.82, 2.24) is 0 Å². The molecule has 33 heavy (non-hydrogen) atoms. The van der Waals surface area contributed by atoms with Gasteiger partial charge in [-0.2, -0.15) is 0 Å². The van der Waals surface area contributed by atoms with Crippen molar-refractivity contribution in [3.05, 3.63) is 47.5 Å². The van der Waals surface area contributed by atoms with Crippen LogP contribution in [-0.4, -0.2) is 37.9 Å². The number of nitrogens with zero attached hydrogens (tertiary/aromatic N) is 1. The van der Waals surface area contributed by atoms with E-state index < -0.39 is 27.3 Å². The van der Waals surface area contributed by atoms with Crippen molar-refractivity contribution < 1.29 is 23.1 Å². The SMILES string of the molecule is CCCC[C@@]1(CC)CN(c2ccccc2)c2cc(Cl)c(O[C@H](C)CC(=O)O)cc2S(=O)(=O)C1. The maximum Gasteiger partial charge on any atom is 0.307 e. The Kier molecular flexibility index (Phi) is 7.96. The molecular weight excluding hydrogens is 462 g/mol. The van der Waals surface area contributed by atoms with E-state index in [2.05, 4.69) is 18.7 Å². The van der Waals surface area contributed by atoms with Gasteiger partial charge in [0.15, 0.2) is 9.84 Å². The van der Waals surface area contributed by atoms with Crippen LogP contribution in [0.2, 0.25) is 5.02 Å². The van der Waals surface area contributed by atoms with E-state index in [9.17, 15) is 13.2 Å². The average molecular weight is 494 g/mol. The predicted octanol–water partition coefficient (Wildman–Crippen LogP) is 6.09. The molecule has 0 aliphatic carbocycles. The Hall–Kier alpha value is -2.25. The zero-order chi connectivity index (χ0) is 24.2. The number of aliphatic carboxylic acids is 1. The fraction of sp³-hybridized carbons (Fsp3) is 0.480. The number of ether oxygens (including phenoxy) is 1. The van der Waals surface area contributed by atoms with Crippen molar-refractivity contribution in [3.63, 3.8) is 0 Å². The van der Waals surface area contributed by atoms with Gasteiger partial charge in [-0.3, -0.25) is 4.79 Å². The number of carbonyl (C=O) groups is 1. The molecule has 1 heterocycles. The molecule has 0 spiro atoms. The molecule has 0 radical (unpaired) electrons. The van der Waals surface area contributed by atoms with Crippen LogP contribution in [0.1, 0.15) is 52.9 Å². The smallest absolute Gasteiger partial charge is 0.307 e. The van der Waals surface area contributed by atoms with Gasteiger partial charge in [-0.15, -0.1) is 0 Å². The second-order valence-electron chi connectivity index (χ2n) is 8.91. The summed E-state index contributed by atoms with van der Waals surface area (Å²) in [6, 6.07) is 12.8. The monoisotopic (exact) mass is 493 g/mol. The van der Waals surface area contributed by atoms with Crippen LogP contribution >= 0.6 is 11.6 Å². The van der Waals surface area contributed by atoms with E-state index in [1.54, 1.807) is 13.0 Å². The minimum absolute atomic E-state index is 0.0403. The van der Waals surface area contributed by atoms with Gasteiger partial charge >= 0.3 is 5.97 Å². The van der Waals surface area contributed by atoms with E-state index in [0.29, 0.717) is 12.2 Å². The van der Waals surface area contributed by atoms with Crippen molar-refractivity contribution in [1.29, 1.82) is 0 Å². The van der Waals surface area contributed by atoms with Crippen molar-refractivity contribution in [2.45, 2.75) is 63.9 Å². The molecule has 3 rings (SSSR count). The summed E-state index contributed by atoms with van der Waals surface area (Å²) in [4.78, 5) is 13.3. The molecule has 8 heteroatoms. The van der Waals surface area contributed by atoms with Crippen LogP contribution in [0.3, 0.4) is 0 Å². The number of benzene rings is 2. The quantitative estimate of drug-likeness (QED) is 0.454. The van der Waals surface area contributed by atoms with Crippen LogP contribution in [0.15, 0.2) is 47.4 Å². The van der Waals surface area contributed by atoms with Gasteiger partial charge in [0.1, 0.15) is 11.9 Å². The third kappa shape index (κ3) is 5.82. The second kappa shape index (κ2) is 10.3. The third-order valence-corrected chi connectivity index (χ3v) is 8.58. The number of unbranched alkanes of at least 4 members (excludes halogenated alkanes) is 1. The lowest BCUT2D eigenvalue weighted by Gasteiger charge is -2.36. The average Bonchev–Trinajstić information content (AvgIpc) is 2.85. The van der Waals surface area contributed by atoms with Gasteiger partial charge < -0.3 is 14.7 Å². The van der Waals surface area contributed by atoms with Crippen LogP contribution in [0.25, 0.3) is 0 Å². The number of halogens is 1. The van der Waals surface area contributed by atoms with E-state index in [4.69, 9.17) is 21.4 Å². The number of rotatable bonds is 9. The summed E-state index contributed by atoms with van der Waals surface area (Å²) in [7, 11) is -3.66. The maximum absolute atomic E-state index is 13.7. The Morgan fingerprint density at radius 3 is 2.55 bits per heavy atom. The fourth-order valence-corrected chi connectivity index (χ4v) is 6.84. The summed E-state index contributed by atoms with van der Waals surface area (Å²) in [5, 5.41) is 9.29. The molecule has 0 bridgehead atoms. The molecule has 0 saturated carbocycles. The predicted molar refractivity (Wildman–Crippen MR) is 132 cm³/mol. The van der Waals surface area contributed by atoms with Gasteiger partial charge in [0.05, 0.1) is 27.8 Å². The largest absolute Gasteiger partial charge is 0.489 e. The maximum atomic E-state index is 13.7. The second-order valence-corrected chi connectivity index (χ2v) is 11.3. The lowest BCUT2D eigenvalue weighted by atomic mass is 9.81. The zero-order valence-electron chi connectivity index (χ0n) is 19.4. The molecule has 0 saturated heterocycles. The van der Waals surface area contributed by atoms with Gasteiger partial charge in [0, 0.05) is 23.7 Å². The van der Waals surface area contributed by atoms with Crippen LogP contribution in [-0.2, 0) is 14.6 Å². The summed E-state index contributed by atoms with van der Waals surface area (Å²) in [6.07, 6.45) is 2.61. The number of anilines is 2. The lowest BCUT2D eigenvalue weighted by molar-refractivity contribution is -0.138. The molecule has 1 aliphatic rings. The first kappa shape index (κ1) is 25.4. The van der Waals surface area contributed by atoms with E-state index in [-0.39, 0.29) is 27.8 Å². The fourth-order valence-electron chi connectivity index (χ4n) is 4.46. The van der Waals surface area contributed by atoms with Crippen molar-refractivity contribution in [2.24, 2.45) is 5.41 Å². The lowest BCUT2D eigenvalue weighted by Crippen LogP contribution is -2.37. The van der Waals surface area contributed by atoms with Crippen LogP contribution in [0.5, 0.6) is 5.75 Å². The summed E-state index contributed by atoms with van der Waals surface area (Å²) in [6.45, 7) is 6.35. The molecule has 0 aromatic heterocycles. The topological polar surface area (TPSA) is 83.9 Å². The molecule has 2 aromatic rings. The molecular formula is C25H32ClNO5S. The molecule has 1 aliphatic heterocycles. The van der Waals surface area contributed by atoms with Crippen LogP contribution < -0.4 is 9.64 Å². The highest BCUT2D eigenvalue weighted by atomic mass is 35.5. The molecule has 2 aromatic carbocycles. The van der Waals surface area contributed by atoms with Crippen LogP contribution in [0.4, 0.5) is 11.4 Å².